The molecule has 4 rings (SSSR count). The first-order valence-corrected chi connectivity index (χ1v) is 13.4. The molecule has 2 N–H and O–H groups in total. The molecule has 39 heavy (non-hydrogen) atoms. The smallest absolute Gasteiger partial charge is 0.870 e. The zero-order chi connectivity index (χ0) is 27.6. The van der Waals surface area contributed by atoms with Gasteiger partial charge >= 0.3 is 29.6 Å². The second-order valence-electron chi connectivity index (χ2n) is 8.05. The van der Waals surface area contributed by atoms with Crippen molar-refractivity contribution >= 4 is 67.1 Å². The second kappa shape index (κ2) is 12.6. The summed E-state index contributed by atoms with van der Waals surface area (Å²) in [6.07, 6.45) is 0. The van der Waals surface area contributed by atoms with Gasteiger partial charge in [0.1, 0.15) is 16.3 Å². The van der Waals surface area contributed by atoms with Gasteiger partial charge in [0, 0.05) is 27.7 Å². The molecule has 13 heteroatoms. The van der Waals surface area contributed by atoms with Gasteiger partial charge in [-0.3, -0.25) is 9.35 Å². The van der Waals surface area contributed by atoms with Crippen molar-refractivity contribution in [2.24, 2.45) is 10.2 Å². The molecule has 196 valence electrons. The summed E-state index contributed by atoms with van der Waals surface area (Å²) >= 11 is 12.2. The summed E-state index contributed by atoms with van der Waals surface area (Å²) in [7, 11) is -4.67. The Morgan fingerprint density at radius 3 is 2.38 bits per heavy atom. The SMILES string of the molecule is CCOc1cc(NC(=O)c2cc3ccccc3c(N=Nc3c(S(=O)(=O)O)ccc(Cl)c3C)c2[O-])ccc1Cl.[Na+]. The predicted octanol–water partition coefficient (Wildman–Crippen LogP) is 3.85. The first-order valence-electron chi connectivity index (χ1n) is 11.2. The third-order valence-electron chi connectivity index (χ3n) is 5.56. The number of anilines is 1. The van der Waals surface area contributed by atoms with E-state index in [1.54, 1.807) is 43.3 Å². The molecule has 0 aromatic heterocycles. The van der Waals surface area contributed by atoms with Gasteiger partial charge in [0.05, 0.1) is 17.3 Å². The number of amides is 1. The molecule has 0 aliphatic carbocycles. The molecule has 0 aliphatic rings. The summed E-state index contributed by atoms with van der Waals surface area (Å²) in [6.45, 7) is 3.65. The summed E-state index contributed by atoms with van der Waals surface area (Å²) < 4.78 is 38.9. The molecule has 0 bridgehead atoms. The molecule has 4 aromatic carbocycles. The molecule has 0 radical (unpaired) electrons. The molecular formula is C26H20Cl2N3NaO6S. The third-order valence-corrected chi connectivity index (χ3v) is 7.17. The summed E-state index contributed by atoms with van der Waals surface area (Å²) in [5, 5.41) is 25.6. The van der Waals surface area contributed by atoms with E-state index in [4.69, 9.17) is 27.9 Å². The quantitative estimate of drug-likeness (QED) is 0.189. The van der Waals surface area contributed by atoms with Crippen LogP contribution in [0.5, 0.6) is 11.5 Å². The number of benzene rings is 4. The van der Waals surface area contributed by atoms with Crippen LogP contribution in [0.4, 0.5) is 17.1 Å². The Kier molecular flexibility index (Phi) is 10.0. The van der Waals surface area contributed by atoms with Gasteiger partial charge in [-0.05, 0) is 55.1 Å². The van der Waals surface area contributed by atoms with E-state index < -0.39 is 26.7 Å². The van der Waals surface area contributed by atoms with E-state index in [-0.39, 0.29) is 57.1 Å². The van der Waals surface area contributed by atoms with Gasteiger partial charge in [-0.25, -0.2) is 0 Å². The molecule has 0 heterocycles. The van der Waals surface area contributed by atoms with Crippen molar-refractivity contribution < 1.29 is 57.2 Å². The van der Waals surface area contributed by atoms with Crippen LogP contribution in [-0.4, -0.2) is 25.5 Å². The maximum Gasteiger partial charge on any atom is 1.00 e. The molecule has 0 saturated heterocycles. The Balaban J connectivity index is 0.00000420. The number of nitrogens with zero attached hydrogens (tertiary/aromatic N) is 2. The second-order valence-corrected chi connectivity index (χ2v) is 10.3. The Hall–Kier alpha value is -2.70. The van der Waals surface area contributed by atoms with E-state index in [2.05, 4.69) is 15.5 Å². The van der Waals surface area contributed by atoms with Gasteiger partial charge < -0.3 is 15.2 Å². The maximum atomic E-state index is 13.4. The fraction of sp³-hybridized carbons (Fsp3) is 0.115. The van der Waals surface area contributed by atoms with E-state index >= 15 is 0 Å². The van der Waals surface area contributed by atoms with Gasteiger partial charge in [-0.2, -0.15) is 13.5 Å². The van der Waals surface area contributed by atoms with Crippen molar-refractivity contribution in [1.29, 1.82) is 0 Å². The standard InChI is InChI=1S/C26H21Cl2N3O6S.Na/c1-3-37-21-13-16(8-9-20(21)28)29-26(33)18-12-15-6-4-5-7-17(15)24(25(18)32)31-30-23-14(2)19(27)10-11-22(23)38(34,35)36;/h4-13,32H,3H2,1-2H3,(H,29,33)(H,34,35,36);/q;+1/p-1. The van der Waals surface area contributed by atoms with Crippen LogP contribution in [0, 0.1) is 6.92 Å². The van der Waals surface area contributed by atoms with Crippen molar-refractivity contribution in [2.45, 2.75) is 18.7 Å². The molecule has 0 unspecified atom stereocenters. The van der Waals surface area contributed by atoms with Crippen LogP contribution in [0.15, 0.2) is 75.8 Å². The van der Waals surface area contributed by atoms with Gasteiger partial charge in [0.15, 0.2) is 0 Å². The molecule has 0 saturated carbocycles. The molecular weight excluding hydrogens is 576 g/mol. The largest absolute Gasteiger partial charge is 1.00 e. The Morgan fingerprint density at radius 2 is 1.69 bits per heavy atom. The topological polar surface area (TPSA) is 140 Å². The number of carbonyl (C=O) groups excluding carboxylic acids is 1. The van der Waals surface area contributed by atoms with Crippen molar-refractivity contribution in [3.8, 4) is 11.5 Å². The molecule has 4 aromatic rings. The average molecular weight is 596 g/mol. The first kappa shape index (κ1) is 30.8. The van der Waals surface area contributed by atoms with Crippen LogP contribution in [0.3, 0.4) is 0 Å². The molecule has 0 aliphatic heterocycles. The molecule has 0 spiro atoms. The number of halogens is 2. The van der Waals surface area contributed by atoms with Crippen molar-refractivity contribution in [3.63, 3.8) is 0 Å². The maximum absolute atomic E-state index is 13.4. The first-order chi connectivity index (χ1) is 18.0. The summed E-state index contributed by atoms with van der Waals surface area (Å²) in [6, 6.07) is 15.2. The summed E-state index contributed by atoms with van der Waals surface area (Å²) in [5.74, 6) is -1.08. The van der Waals surface area contributed by atoms with Gasteiger partial charge in [-0.15, -0.1) is 5.11 Å². The van der Waals surface area contributed by atoms with Crippen LogP contribution < -0.4 is 44.7 Å². The summed E-state index contributed by atoms with van der Waals surface area (Å²) in [5.41, 5.74) is -0.0682. The van der Waals surface area contributed by atoms with Gasteiger partial charge in [0.2, 0.25) is 0 Å². The number of rotatable bonds is 7. The Morgan fingerprint density at radius 1 is 1.03 bits per heavy atom. The number of carbonyl (C=O) groups is 1. The van der Waals surface area contributed by atoms with Crippen LogP contribution in [-0.2, 0) is 10.1 Å². The summed E-state index contributed by atoms with van der Waals surface area (Å²) in [4.78, 5) is 12.6. The predicted molar refractivity (Wildman–Crippen MR) is 144 cm³/mol. The molecule has 0 fully saturated rings. The van der Waals surface area contributed by atoms with Crippen LogP contribution in [0.2, 0.25) is 10.0 Å². The van der Waals surface area contributed by atoms with E-state index in [0.29, 0.717) is 33.8 Å². The third kappa shape index (κ3) is 6.72. The molecule has 1 amide bonds. The minimum Gasteiger partial charge on any atom is -0.870 e. The average Bonchev–Trinajstić information content (AvgIpc) is 2.86. The van der Waals surface area contributed by atoms with E-state index in [0.717, 1.165) is 6.07 Å². The number of azo groups is 1. The molecule has 9 nitrogen and oxygen atoms in total. The minimum absolute atomic E-state index is 0. The van der Waals surface area contributed by atoms with E-state index in [1.165, 1.54) is 25.1 Å². The van der Waals surface area contributed by atoms with Gasteiger partial charge in [-0.1, -0.05) is 53.2 Å². The van der Waals surface area contributed by atoms with Crippen molar-refractivity contribution in [3.05, 3.63) is 81.8 Å². The number of nitrogens with one attached hydrogen (secondary N) is 1. The Bertz CT molecular complexity index is 1710. The minimum atomic E-state index is -4.67. The fourth-order valence-corrected chi connectivity index (χ4v) is 4.71. The normalized spacial score (nSPS) is 11.4. The number of ether oxygens (including phenoxy) is 1. The molecule has 0 atom stereocenters. The zero-order valence-electron chi connectivity index (χ0n) is 21.0. The van der Waals surface area contributed by atoms with E-state index in [1.807, 2.05) is 0 Å². The monoisotopic (exact) mass is 595 g/mol. The number of fused-ring (bicyclic) bond motifs is 1. The van der Waals surface area contributed by atoms with Crippen LogP contribution in [0.25, 0.3) is 10.8 Å². The number of hydrogen-bond acceptors (Lipinski definition) is 7. The number of hydrogen-bond donors (Lipinski definition) is 2. The van der Waals surface area contributed by atoms with Gasteiger partial charge in [0.25, 0.3) is 16.0 Å². The van der Waals surface area contributed by atoms with Crippen molar-refractivity contribution in [2.75, 3.05) is 11.9 Å². The fourth-order valence-electron chi connectivity index (χ4n) is 3.71. The van der Waals surface area contributed by atoms with E-state index in [9.17, 15) is 22.9 Å². The Labute approximate surface area is 256 Å². The van der Waals surface area contributed by atoms with Crippen LogP contribution in [0.1, 0.15) is 22.8 Å². The van der Waals surface area contributed by atoms with Crippen molar-refractivity contribution in [1.82, 2.24) is 0 Å². The zero-order valence-corrected chi connectivity index (χ0v) is 25.4. The van der Waals surface area contributed by atoms with Crippen LogP contribution >= 0.6 is 23.2 Å².